The Morgan fingerprint density at radius 1 is 0.304 bits per heavy atom. The van der Waals surface area contributed by atoms with Gasteiger partial charge in [0, 0.05) is 25.7 Å². The lowest BCUT2D eigenvalue weighted by Gasteiger charge is -2.21. The Hall–Kier alpha value is -1.94. The van der Waals surface area contributed by atoms with E-state index >= 15 is 0 Å². The number of aliphatic hydroxyl groups is 1. The summed E-state index contributed by atoms with van der Waals surface area (Å²) in [6, 6.07) is 0. The predicted octanol–water partition coefficient (Wildman–Crippen LogP) is 20.9. The molecule has 0 heterocycles. The summed E-state index contributed by atoms with van der Waals surface area (Å²) in [6.07, 6.45) is 46.1. The van der Waals surface area contributed by atoms with Crippen LogP contribution < -0.4 is 0 Å². The van der Waals surface area contributed by atoms with Crippen molar-refractivity contribution in [2.24, 2.45) is 23.7 Å². The second kappa shape index (κ2) is 62.6. The molecule has 6 atom stereocenters. The number of rotatable bonds is 70. The third-order valence-corrected chi connectivity index (χ3v) is 19.1. The highest BCUT2D eigenvalue weighted by atomic mass is 31.2. The standard InChI is InChI=1S/C73H142O17P2/c1-9-66(8)52-44-36-26-22-18-14-10-11-15-19-23-27-37-45-53-70(75)83-59-68(89-72(77)55-47-39-28-24-20-16-12-13-17-21-25-33-41-49-63(2)3)61-87-91(79,80)85-57-67(74)58-86-92(81,82)88-62-69(90-73(78)56-48-40-32-30-35-43-51-65(6)7)60-84-71(76)54-46-38-31-29-34-42-50-64(4)5/h63-69,74H,9-62H2,1-8H3,(H,79,80)(H,81,82)/t66?,67-,68-,69-/m1/s1. The molecule has 3 unspecified atom stereocenters. The van der Waals surface area contributed by atoms with Gasteiger partial charge in [-0.25, -0.2) is 9.13 Å². The quantitative estimate of drug-likeness (QED) is 0.0222. The first-order valence-corrected chi connectivity index (χ1v) is 40.7. The van der Waals surface area contributed by atoms with Gasteiger partial charge in [0.1, 0.15) is 19.3 Å². The van der Waals surface area contributed by atoms with Crippen LogP contribution in [0.4, 0.5) is 0 Å². The number of unbranched alkanes of at least 4 members (excludes halogenated alkanes) is 35. The minimum Gasteiger partial charge on any atom is -0.462 e. The van der Waals surface area contributed by atoms with E-state index < -0.39 is 97.5 Å². The fourth-order valence-electron chi connectivity index (χ4n) is 11.0. The zero-order valence-corrected chi connectivity index (χ0v) is 62.0. The van der Waals surface area contributed by atoms with Gasteiger partial charge in [0.2, 0.25) is 0 Å². The van der Waals surface area contributed by atoms with Crippen molar-refractivity contribution >= 4 is 39.5 Å². The molecule has 19 heteroatoms. The molecule has 0 fully saturated rings. The molecule has 0 aliphatic heterocycles. The maximum absolute atomic E-state index is 13.1. The average molecular weight is 1350 g/mol. The van der Waals surface area contributed by atoms with Crippen molar-refractivity contribution in [3.8, 4) is 0 Å². The summed E-state index contributed by atoms with van der Waals surface area (Å²) in [5.41, 5.74) is 0. The van der Waals surface area contributed by atoms with Crippen LogP contribution in [-0.2, 0) is 65.4 Å². The van der Waals surface area contributed by atoms with Crippen LogP contribution in [-0.4, -0.2) is 96.7 Å². The van der Waals surface area contributed by atoms with Crippen LogP contribution in [0.2, 0.25) is 0 Å². The minimum absolute atomic E-state index is 0.101. The minimum atomic E-state index is -4.96. The van der Waals surface area contributed by atoms with Gasteiger partial charge in [0.25, 0.3) is 0 Å². The number of phosphoric acid groups is 2. The predicted molar refractivity (Wildman–Crippen MR) is 372 cm³/mol. The topological polar surface area (TPSA) is 237 Å². The summed E-state index contributed by atoms with van der Waals surface area (Å²) in [7, 11) is -9.90. The molecule has 92 heavy (non-hydrogen) atoms. The van der Waals surface area contributed by atoms with E-state index in [1.165, 1.54) is 161 Å². The van der Waals surface area contributed by atoms with Crippen LogP contribution in [0.3, 0.4) is 0 Å². The van der Waals surface area contributed by atoms with E-state index in [1.807, 2.05) is 0 Å². The summed E-state index contributed by atoms with van der Waals surface area (Å²) in [5.74, 6) is 0.854. The van der Waals surface area contributed by atoms with Gasteiger partial charge in [-0.3, -0.25) is 37.3 Å². The number of hydrogen-bond acceptors (Lipinski definition) is 15. The zero-order valence-electron chi connectivity index (χ0n) is 60.2. The number of carbonyl (C=O) groups excluding carboxylic acids is 4. The number of aliphatic hydroxyl groups excluding tert-OH is 1. The smallest absolute Gasteiger partial charge is 0.462 e. The summed E-state index contributed by atoms with van der Waals surface area (Å²) >= 11 is 0. The highest BCUT2D eigenvalue weighted by molar-refractivity contribution is 7.47. The number of carbonyl (C=O) groups is 4. The summed E-state index contributed by atoms with van der Waals surface area (Å²) in [6.45, 7) is 14.1. The Balaban J connectivity index is 5.21. The third kappa shape index (κ3) is 65.4. The SMILES string of the molecule is CCC(C)CCCCCCCCCCCCCCCCC(=O)OC[C@H](COP(=O)(O)OC[C@@H](O)COP(=O)(O)OC[C@@H](COC(=O)CCCCCCCCC(C)C)OC(=O)CCCCCCCCC(C)C)OC(=O)CCCCCCCCCCCCCCCC(C)C. The normalized spacial score (nSPS) is 14.5. The van der Waals surface area contributed by atoms with Crippen molar-refractivity contribution in [3.05, 3.63) is 0 Å². The van der Waals surface area contributed by atoms with Gasteiger partial charge in [0.05, 0.1) is 26.4 Å². The van der Waals surface area contributed by atoms with Crippen molar-refractivity contribution in [2.75, 3.05) is 39.6 Å². The zero-order chi connectivity index (χ0) is 68.2. The van der Waals surface area contributed by atoms with Crippen LogP contribution in [0.25, 0.3) is 0 Å². The largest absolute Gasteiger partial charge is 0.472 e. The van der Waals surface area contributed by atoms with Crippen molar-refractivity contribution in [3.63, 3.8) is 0 Å². The molecule has 0 spiro atoms. The molecular weight excluding hydrogens is 1210 g/mol. The first-order valence-electron chi connectivity index (χ1n) is 37.7. The Bertz CT molecular complexity index is 1820. The van der Waals surface area contributed by atoms with E-state index in [2.05, 4.69) is 55.4 Å². The van der Waals surface area contributed by atoms with Crippen LogP contribution in [0.1, 0.15) is 364 Å². The second-order valence-electron chi connectivity index (χ2n) is 28.0. The Kier molecular flexibility index (Phi) is 61.3. The lowest BCUT2D eigenvalue weighted by Crippen LogP contribution is -2.30. The van der Waals surface area contributed by atoms with Crippen LogP contribution >= 0.6 is 15.6 Å². The van der Waals surface area contributed by atoms with Crippen LogP contribution in [0.15, 0.2) is 0 Å². The molecule has 0 aromatic heterocycles. The van der Waals surface area contributed by atoms with E-state index in [0.29, 0.717) is 37.5 Å². The van der Waals surface area contributed by atoms with Gasteiger partial charge in [-0.2, -0.15) is 0 Å². The van der Waals surface area contributed by atoms with Gasteiger partial charge in [-0.05, 0) is 49.4 Å². The molecule has 0 aromatic rings. The van der Waals surface area contributed by atoms with Crippen LogP contribution in [0, 0.1) is 23.7 Å². The molecule has 0 amide bonds. The van der Waals surface area contributed by atoms with Crippen molar-refractivity contribution < 1.29 is 80.2 Å². The summed E-state index contributed by atoms with van der Waals surface area (Å²) in [4.78, 5) is 72.6. The number of esters is 4. The van der Waals surface area contributed by atoms with E-state index in [0.717, 1.165) is 108 Å². The fraction of sp³-hybridized carbons (Fsp3) is 0.945. The molecule has 3 N–H and O–H groups in total. The number of phosphoric ester groups is 2. The number of ether oxygens (including phenoxy) is 4. The first-order chi connectivity index (χ1) is 44.1. The summed E-state index contributed by atoms with van der Waals surface area (Å²) in [5, 5.41) is 10.6. The molecule has 0 aromatic carbocycles. The lowest BCUT2D eigenvalue weighted by atomic mass is 9.99. The van der Waals surface area contributed by atoms with Crippen molar-refractivity contribution in [1.29, 1.82) is 0 Å². The third-order valence-electron chi connectivity index (χ3n) is 17.2. The van der Waals surface area contributed by atoms with E-state index in [-0.39, 0.29) is 25.7 Å². The maximum Gasteiger partial charge on any atom is 0.472 e. The molecule has 0 bridgehead atoms. The van der Waals surface area contributed by atoms with Crippen molar-refractivity contribution in [2.45, 2.75) is 382 Å². The lowest BCUT2D eigenvalue weighted by molar-refractivity contribution is -0.161. The van der Waals surface area contributed by atoms with Gasteiger partial charge in [-0.1, -0.05) is 312 Å². The van der Waals surface area contributed by atoms with Crippen molar-refractivity contribution in [1.82, 2.24) is 0 Å². The van der Waals surface area contributed by atoms with Gasteiger partial charge >= 0.3 is 39.5 Å². The highest BCUT2D eigenvalue weighted by Crippen LogP contribution is 2.45. The number of hydrogen-bond donors (Lipinski definition) is 3. The first kappa shape index (κ1) is 90.1. The van der Waals surface area contributed by atoms with E-state index in [9.17, 15) is 43.2 Å². The second-order valence-corrected chi connectivity index (χ2v) is 30.9. The average Bonchev–Trinajstić information content (AvgIpc) is 2.01. The molecular formula is C73H142O17P2. The molecule has 0 aliphatic carbocycles. The summed E-state index contributed by atoms with van der Waals surface area (Å²) < 4.78 is 68.3. The van der Waals surface area contributed by atoms with Gasteiger partial charge in [-0.15, -0.1) is 0 Å². The molecule has 0 saturated heterocycles. The Morgan fingerprint density at radius 2 is 0.522 bits per heavy atom. The molecule has 0 rings (SSSR count). The molecule has 17 nitrogen and oxygen atoms in total. The fourth-order valence-corrected chi connectivity index (χ4v) is 12.6. The van der Waals surface area contributed by atoms with Gasteiger partial charge in [0.15, 0.2) is 12.2 Å². The van der Waals surface area contributed by atoms with Gasteiger partial charge < -0.3 is 33.8 Å². The highest BCUT2D eigenvalue weighted by Gasteiger charge is 2.30. The Morgan fingerprint density at radius 3 is 0.772 bits per heavy atom. The van der Waals surface area contributed by atoms with E-state index in [4.69, 9.17) is 37.0 Å². The molecule has 0 saturated carbocycles. The molecule has 546 valence electrons. The monoisotopic (exact) mass is 1350 g/mol. The van der Waals surface area contributed by atoms with Crippen LogP contribution in [0.5, 0.6) is 0 Å². The molecule has 0 aliphatic rings. The Labute approximate surface area is 562 Å². The van der Waals surface area contributed by atoms with E-state index in [1.54, 1.807) is 0 Å². The molecule has 0 radical (unpaired) electrons. The maximum atomic E-state index is 13.1.